The van der Waals surface area contributed by atoms with Gasteiger partial charge in [-0.25, -0.2) is 4.39 Å². The summed E-state index contributed by atoms with van der Waals surface area (Å²) in [6.07, 6.45) is 1.46. The molecule has 0 bridgehead atoms. The lowest BCUT2D eigenvalue weighted by Gasteiger charge is -2.19. The third kappa shape index (κ3) is 3.13. The lowest BCUT2D eigenvalue weighted by atomic mass is 10.00. The van der Waals surface area contributed by atoms with Crippen molar-refractivity contribution in [3.63, 3.8) is 0 Å². The summed E-state index contributed by atoms with van der Waals surface area (Å²) in [5.41, 5.74) is 1.69. The summed E-state index contributed by atoms with van der Waals surface area (Å²) in [5.74, 6) is 0.635. The third-order valence-electron chi connectivity index (χ3n) is 4.19. The summed E-state index contributed by atoms with van der Waals surface area (Å²) in [6.45, 7) is 6.18. The van der Waals surface area contributed by atoms with Crippen LogP contribution in [-0.4, -0.2) is 17.7 Å². The highest BCUT2D eigenvalue weighted by atomic mass is 19.1. The lowest BCUT2D eigenvalue weighted by molar-refractivity contribution is 0.0931. The first-order chi connectivity index (χ1) is 11.5. The number of amides is 1. The second-order valence-electron chi connectivity index (χ2n) is 6.36. The number of carbonyl (C=O) groups is 1. The van der Waals surface area contributed by atoms with E-state index in [0.717, 1.165) is 6.42 Å². The first-order valence-electron chi connectivity index (χ1n) is 8.16. The number of fused-ring (bicyclic) bond motifs is 1. The molecule has 128 valence electrons. The molecule has 1 aromatic carbocycles. The average molecular weight is 332 g/mol. The maximum absolute atomic E-state index is 13.7. The number of nitrogens with one attached hydrogen (secondary N) is 1. The van der Waals surface area contributed by atoms with E-state index in [1.165, 1.54) is 12.1 Å². The van der Waals surface area contributed by atoms with Gasteiger partial charge in [-0.05, 0) is 38.0 Å². The van der Waals surface area contributed by atoms with Gasteiger partial charge in [0, 0.05) is 11.5 Å². The molecular weight excluding hydrogens is 311 g/mol. The van der Waals surface area contributed by atoms with Gasteiger partial charge in [-0.2, -0.15) is 0 Å². The molecule has 0 fully saturated rings. The monoisotopic (exact) mass is 332 g/mol. The van der Waals surface area contributed by atoms with Crippen LogP contribution in [0.2, 0.25) is 0 Å². The van der Waals surface area contributed by atoms with Gasteiger partial charge >= 0.3 is 0 Å². The van der Waals surface area contributed by atoms with Gasteiger partial charge in [-0.3, -0.25) is 4.79 Å². The molecule has 0 saturated carbocycles. The van der Waals surface area contributed by atoms with E-state index in [-0.39, 0.29) is 23.7 Å². The molecule has 1 amide bonds. The van der Waals surface area contributed by atoms with E-state index in [2.05, 4.69) is 10.5 Å². The molecule has 2 heterocycles. The fraction of sp³-hybridized carbons (Fsp3) is 0.444. The average Bonchev–Trinajstić information content (AvgIpc) is 2.82. The molecule has 1 aliphatic rings. The highest BCUT2D eigenvalue weighted by Crippen LogP contribution is 2.33. The van der Waals surface area contributed by atoms with Crippen LogP contribution in [0.4, 0.5) is 4.39 Å². The summed E-state index contributed by atoms with van der Waals surface area (Å²) in [5, 5.41) is 6.90. The van der Waals surface area contributed by atoms with Crippen LogP contribution in [0, 0.1) is 12.7 Å². The zero-order valence-corrected chi connectivity index (χ0v) is 14.1. The van der Waals surface area contributed by atoms with E-state index in [0.29, 0.717) is 41.4 Å². The molecule has 5 nitrogen and oxygen atoms in total. The molecule has 1 aromatic heterocycles. The number of benzene rings is 1. The quantitative estimate of drug-likeness (QED) is 0.926. The minimum atomic E-state index is -0.345. The Hall–Kier alpha value is -2.37. The van der Waals surface area contributed by atoms with Crippen LogP contribution in [-0.2, 0) is 0 Å². The minimum absolute atomic E-state index is 0.0501. The molecule has 2 aromatic rings. The fourth-order valence-corrected chi connectivity index (χ4v) is 2.99. The van der Waals surface area contributed by atoms with Crippen molar-refractivity contribution in [1.82, 2.24) is 10.5 Å². The number of hydrogen-bond acceptors (Lipinski definition) is 4. The Bertz CT molecular complexity index is 755. The molecule has 3 rings (SSSR count). The van der Waals surface area contributed by atoms with Crippen molar-refractivity contribution in [3.05, 3.63) is 46.6 Å². The van der Waals surface area contributed by atoms with Crippen LogP contribution in [0.3, 0.4) is 0 Å². The van der Waals surface area contributed by atoms with Gasteiger partial charge in [0.25, 0.3) is 5.91 Å². The molecule has 1 N–H and O–H groups in total. The van der Waals surface area contributed by atoms with E-state index in [4.69, 9.17) is 9.26 Å². The van der Waals surface area contributed by atoms with E-state index in [1.54, 1.807) is 13.0 Å². The SMILES string of the molecule is Cc1noc(C(C)C)c1C(=O)NC1CCCOc2ccc(F)cc21. The van der Waals surface area contributed by atoms with Crippen LogP contribution in [0.15, 0.2) is 22.7 Å². The fourth-order valence-electron chi connectivity index (χ4n) is 2.99. The maximum Gasteiger partial charge on any atom is 0.257 e. The molecule has 1 unspecified atom stereocenters. The van der Waals surface area contributed by atoms with Gasteiger partial charge in [0.2, 0.25) is 0 Å². The highest BCUT2D eigenvalue weighted by molar-refractivity contribution is 5.96. The Morgan fingerprint density at radius 2 is 2.21 bits per heavy atom. The molecule has 6 heteroatoms. The van der Waals surface area contributed by atoms with Gasteiger partial charge in [-0.1, -0.05) is 19.0 Å². The second-order valence-corrected chi connectivity index (χ2v) is 6.36. The Morgan fingerprint density at radius 3 is 2.96 bits per heavy atom. The van der Waals surface area contributed by atoms with E-state index in [9.17, 15) is 9.18 Å². The van der Waals surface area contributed by atoms with Crippen LogP contribution < -0.4 is 10.1 Å². The number of rotatable bonds is 3. The summed E-state index contributed by atoms with van der Waals surface area (Å²) in [6, 6.07) is 4.10. The third-order valence-corrected chi connectivity index (χ3v) is 4.19. The second kappa shape index (κ2) is 6.63. The van der Waals surface area contributed by atoms with Gasteiger partial charge in [-0.15, -0.1) is 0 Å². The Morgan fingerprint density at radius 1 is 1.42 bits per heavy atom. The zero-order chi connectivity index (χ0) is 17.3. The van der Waals surface area contributed by atoms with Gasteiger partial charge < -0.3 is 14.6 Å². The topological polar surface area (TPSA) is 64.4 Å². The largest absolute Gasteiger partial charge is 0.493 e. The highest BCUT2D eigenvalue weighted by Gasteiger charge is 2.27. The lowest BCUT2D eigenvalue weighted by Crippen LogP contribution is -2.29. The predicted molar refractivity (Wildman–Crippen MR) is 86.7 cm³/mol. The van der Waals surface area contributed by atoms with Gasteiger partial charge in [0.05, 0.1) is 18.3 Å². The number of halogens is 1. The van der Waals surface area contributed by atoms with Gasteiger partial charge in [0.1, 0.15) is 17.1 Å². The Kier molecular flexibility index (Phi) is 4.55. The smallest absolute Gasteiger partial charge is 0.257 e. The van der Waals surface area contributed by atoms with Crippen molar-refractivity contribution in [1.29, 1.82) is 0 Å². The van der Waals surface area contributed by atoms with E-state index in [1.807, 2.05) is 13.8 Å². The van der Waals surface area contributed by atoms with Crippen LogP contribution in [0.25, 0.3) is 0 Å². The summed E-state index contributed by atoms with van der Waals surface area (Å²) >= 11 is 0. The number of aromatic nitrogens is 1. The van der Waals surface area contributed by atoms with Crippen molar-refractivity contribution in [3.8, 4) is 5.75 Å². The number of aryl methyl sites for hydroxylation is 1. The first-order valence-corrected chi connectivity index (χ1v) is 8.16. The van der Waals surface area contributed by atoms with Crippen molar-refractivity contribution in [2.24, 2.45) is 0 Å². The number of nitrogens with zero attached hydrogens (tertiary/aromatic N) is 1. The van der Waals surface area contributed by atoms with Crippen LogP contribution >= 0.6 is 0 Å². The Balaban J connectivity index is 1.90. The molecule has 0 aliphatic carbocycles. The standard InChI is InChI=1S/C18H21FN2O3/c1-10(2)17-16(11(3)21-24-17)18(22)20-14-5-4-8-23-15-7-6-12(19)9-13(14)15/h6-7,9-10,14H,4-5,8H2,1-3H3,(H,20,22). The number of hydrogen-bond donors (Lipinski definition) is 1. The summed E-state index contributed by atoms with van der Waals surface area (Å²) < 4.78 is 24.6. The van der Waals surface area contributed by atoms with Crippen molar-refractivity contribution < 1.29 is 18.4 Å². The van der Waals surface area contributed by atoms with Crippen LogP contribution in [0.5, 0.6) is 5.75 Å². The first kappa shape index (κ1) is 16.5. The Labute approximate surface area is 140 Å². The minimum Gasteiger partial charge on any atom is -0.493 e. The number of ether oxygens (including phenoxy) is 1. The summed E-state index contributed by atoms with van der Waals surface area (Å²) in [7, 11) is 0. The molecule has 0 spiro atoms. The predicted octanol–water partition coefficient (Wildman–Crippen LogP) is 3.89. The van der Waals surface area contributed by atoms with E-state index >= 15 is 0 Å². The molecule has 0 saturated heterocycles. The molecule has 0 radical (unpaired) electrons. The normalized spacial score (nSPS) is 17.1. The molecule has 1 aliphatic heterocycles. The molecule has 24 heavy (non-hydrogen) atoms. The van der Waals surface area contributed by atoms with Crippen molar-refractivity contribution in [2.45, 2.75) is 45.6 Å². The van der Waals surface area contributed by atoms with E-state index < -0.39 is 0 Å². The van der Waals surface area contributed by atoms with Crippen LogP contribution in [0.1, 0.15) is 66.0 Å². The van der Waals surface area contributed by atoms with Crippen molar-refractivity contribution in [2.75, 3.05) is 6.61 Å². The van der Waals surface area contributed by atoms with Gasteiger partial charge in [0.15, 0.2) is 5.76 Å². The summed E-state index contributed by atoms with van der Waals surface area (Å²) in [4.78, 5) is 12.8. The van der Waals surface area contributed by atoms with Crippen molar-refractivity contribution >= 4 is 5.91 Å². The molecular formula is C18H21FN2O3. The maximum atomic E-state index is 13.7. The number of carbonyl (C=O) groups excluding carboxylic acids is 1. The molecule has 1 atom stereocenters. The zero-order valence-electron chi connectivity index (χ0n) is 14.1.